The molecule has 4 aromatic rings. The Morgan fingerprint density at radius 1 is 0.963 bits per heavy atom. The molecule has 5 nitrogen and oxygen atoms in total. The first-order chi connectivity index (χ1) is 13.0. The number of aromatic nitrogens is 4. The maximum Gasteiger partial charge on any atom is 0.254 e. The van der Waals surface area contributed by atoms with Crippen LogP contribution in [0.15, 0.2) is 48.5 Å². The molecule has 27 heavy (non-hydrogen) atoms. The molecule has 2 aromatic carbocycles. The van der Waals surface area contributed by atoms with E-state index in [0.29, 0.717) is 23.8 Å². The lowest BCUT2D eigenvalue weighted by atomic mass is 10.1. The normalized spacial score (nSPS) is 11.1. The van der Waals surface area contributed by atoms with Crippen molar-refractivity contribution in [2.24, 2.45) is 0 Å². The van der Waals surface area contributed by atoms with Gasteiger partial charge < -0.3 is 5.32 Å². The summed E-state index contributed by atoms with van der Waals surface area (Å²) in [6.45, 7) is 3.83. The van der Waals surface area contributed by atoms with E-state index in [9.17, 15) is 8.78 Å². The van der Waals surface area contributed by atoms with Gasteiger partial charge in [0.15, 0.2) is 5.82 Å². The SMILES string of the molecule is Cc1nc2nc(Cc3cccc(F)c3)nn2c(Nc2ccc(F)cc2)c1C. The number of rotatable bonds is 4. The monoisotopic (exact) mass is 365 g/mol. The fraction of sp³-hybridized carbons (Fsp3) is 0.150. The quantitative estimate of drug-likeness (QED) is 0.584. The van der Waals surface area contributed by atoms with Crippen molar-refractivity contribution in [2.45, 2.75) is 20.3 Å². The molecule has 0 fully saturated rings. The third kappa shape index (κ3) is 3.48. The van der Waals surface area contributed by atoms with Gasteiger partial charge in [-0.2, -0.15) is 9.50 Å². The molecule has 7 heteroatoms. The molecule has 0 spiro atoms. The van der Waals surface area contributed by atoms with E-state index in [1.807, 2.05) is 19.9 Å². The average Bonchev–Trinajstić information content (AvgIpc) is 3.02. The van der Waals surface area contributed by atoms with Gasteiger partial charge in [-0.3, -0.25) is 0 Å². The molecule has 0 bridgehead atoms. The molecular weight excluding hydrogens is 348 g/mol. The Hall–Kier alpha value is -3.35. The van der Waals surface area contributed by atoms with Crippen molar-refractivity contribution in [3.8, 4) is 0 Å². The Labute approximate surface area is 154 Å². The van der Waals surface area contributed by atoms with E-state index in [4.69, 9.17) is 0 Å². The maximum absolute atomic E-state index is 13.4. The van der Waals surface area contributed by atoms with Crippen molar-refractivity contribution >= 4 is 17.3 Å². The van der Waals surface area contributed by atoms with Gasteiger partial charge in [-0.05, 0) is 55.8 Å². The number of anilines is 2. The Bertz CT molecular complexity index is 1120. The molecule has 0 aliphatic carbocycles. The summed E-state index contributed by atoms with van der Waals surface area (Å²) >= 11 is 0. The lowest BCUT2D eigenvalue weighted by Crippen LogP contribution is -2.06. The van der Waals surface area contributed by atoms with Crippen molar-refractivity contribution < 1.29 is 8.78 Å². The first-order valence-electron chi connectivity index (χ1n) is 8.49. The van der Waals surface area contributed by atoms with Crippen molar-refractivity contribution in [1.82, 2.24) is 19.6 Å². The van der Waals surface area contributed by atoms with Gasteiger partial charge in [0.1, 0.15) is 17.5 Å². The van der Waals surface area contributed by atoms with Crippen LogP contribution in [0.3, 0.4) is 0 Å². The summed E-state index contributed by atoms with van der Waals surface area (Å²) in [6.07, 6.45) is 0.398. The van der Waals surface area contributed by atoms with Gasteiger partial charge >= 0.3 is 0 Å². The molecule has 0 aliphatic rings. The minimum absolute atomic E-state index is 0.292. The number of hydrogen-bond donors (Lipinski definition) is 1. The summed E-state index contributed by atoms with van der Waals surface area (Å²) in [5.74, 6) is 1.11. The summed E-state index contributed by atoms with van der Waals surface area (Å²) in [5.41, 5.74) is 3.24. The van der Waals surface area contributed by atoms with E-state index in [1.165, 1.54) is 24.3 Å². The Balaban J connectivity index is 1.74. The summed E-state index contributed by atoms with van der Waals surface area (Å²) in [6, 6.07) is 12.4. The van der Waals surface area contributed by atoms with Crippen molar-refractivity contribution in [2.75, 3.05) is 5.32 Å². The standard InChI is InChI=1S/C20H17F2N5/c1-12-13(2)23-20-25-18(11-14-4-3-5-16(22)10-14)26-27(20)19(12)24-17-8-6-15(21)7-9-17/h3-10,24H,11H2,1-2H3. The number of benzene rings is 2. The largest absolute Gasteiger partial charge is 0.340 e. The second-order valence-electron chi connectivity index (χ2n) is 6.35. The van der Waals surface area contributed by atoms with Gasteiger partial charge in [0.05, 0.1) is 0 Å². The molecule has 0 saturated heterocycles. The highest BCUT2D eigenvalue weighted by molar-refractivity contribution is 5.62. The van der Waals surface area contributed by atoms with Gasteiger partial charge in [0.2, 0.25) is 0 Å². The number of fused-ring (bicyclic) bond motifs is 1. The van der Waals surface area contributed by atoms with Crippen molar-refractivity contribution in [3.63, 3.8) is 0 Å². The highest BCUT2D eigenvalue weighted by Crippen LogP contribution is 2.23. The number of halogens is 2. The van der Waals surface area contributed by atoms with Crippen LogP contribution in [-0.4, -0.2) is 19.6 Å². The van der Waals surface area contributed by atoms with E-state index >= 15 is 0 Å². The fourth-order valence-corrected chi connectivity index (χ4v) is 2.85. The van der Waals surface area contributed by atoms with Gasteiger partial charge in [0, 0.05) is 23.4 Å². The zero-order valence-electron chi connectivity index (χ0n) is 14.9. The van der Waals surface area contributed by atoms with Crippen LogP contribution in [0.2, 0.25) is 0 Å². The molecule has 0 unspecified atom stereocenters. The van der Waals surface area contributed by atoms with Gasteiger partial charge in [-0.15, -0.1) is 5.10 Å². The number of aryl methyl sites for hydroxylation is 1. The smallest absolute Gasteiger partial charge is 0.254 e. The molecule has 136 valence electrons. The van der Waals surface area contributed by atoms with Crippen LogP contribution in [0.1, 0.15) is 22.6 Å². The second kappa shape index (κ2) is 6.75. The topological polar surface area (TPSA) is 55.1 Å². The van der Waals surface area contributed by atoms with Gasteiger partial charge in [-0.1, -0.05) is 12.1 Å². The molecule has 2 heterocycles. The summed E-state index contributed by atoms with van der Waals surface area (Å²) < 4.78 is 28.2. The van der Waals surface area contributed by atoms with Crippen LogP contribution in [0, 0.1) is 25.5 Å². The Morgan fingerprint density at radius 3 is 2.48 bits per heavy atom. The van der Waals surface area contributed by atoms with Crippen LogP contribution in [0.25, 0.3) is 5.78 Å². The Kier molecular flexibility index (Phi) is 4.27. The lowest BCUT2D eigenvalue weighted by molar-refractivity contribution is 0.625. The first-order valence-corrected chi connectivity index (χ1v) is 8.49. The van der Waals surface area contributed by atoms with Crippen LogP contribution < -0.4 is 5.32 Å². The van der Waals surface area contributed by atoms with Crippen molar-refractivity contribution in [3.05, 3.63) is 82.8 Å². The van der Waals surface area contributed by atoms with E-state index < -0.39 is 0 Å². The molecule has 0 atom stereocenters. The minimum Gasteiger partial charge on any atom is -0.340 e. The van der Waals surface area contributed by atoms with E-state index in [0.717, 1.165) is 22.5 Å². The zero-order valence-corrected chi connectivity index (χ0v) is 14.9. The molecule has 0 saturated carbocycles. The molecule has 0 aliphatic heterocycles. The summed E-state index contributed by atoms with van der Waals surface area (Å²) in [4.78, 5) is 8.96. The maximum atomic E-state index is 13.4. The molecule has 2 aromatic heterocycles. The second-order valence-corrected chi connectivity index (χ2v) is 6.35. The number of nitrogens with one attached hydrogen (secondary N) is 1. The third-order valence-electron chi connectivity index (χ3n) is 4.37. The molecule has 1 N–H and O–H groups in total. The minimum atomic E-state index is -0.300. The fourth-order valence-electron chi connectivity index (χ4n) is 2.85. The average molecular weight is 365 g/mol. The zero-order chi connectivity index (χ0) is 19.0. The van der Waals surface area contributed by atoms with E-state index in [1.54, 1.807) is 22.7 Å². The van der Waals surface area contributed by atoms with E-state index in [-0.39, 0.29) is 11.6 Å². The third-order valence-corrected chi connectivity index (χ3v) is 4.37. The van der Waals surface area contributed by atoms with Gasteiger partial charge in [-0.25, -0.2) is 13.8 Å². The van der Waals surface area contributed by atoms with Crippen LogP contribution >= 0.6 is 0 Å². The number of nitrogens with zero attached hydrogens (tertiary/aromatic N) is 4. The molecule has 0 amide bonds. The molecule has 4 rings (SSSR count). The lowest BCUT2D eigenvalue weighted by Gasteiger charge is -2.12. The number of hydrogen-bond acceptors (Lipinski definition) is 4. The molecule has 0 radical (unpaired) electrons. The van der Waals surface area contributed by atoms with Gasteiger partial charge in [0.25, 0.3) is 5.78 Å². The van der Waals surface area contributed by atoms with E-state index in [2.05, 4.69) is 20.4 Å². The molecular formula is C20H17F2N5. The van der Waals surface area contributed by atoms with Crippen LogP contribution in [-0.2, 0) is 6.42 Å². The highest BCUT2D eigenvalue weighted by Gasteiger charge is 2.14. The van der Waals surface area contributed by atoms with Crippen molar-refractivity contribution in [1.29, 1.82) is 0 Å². The predicted molar refractivity (Wildman–Crippen MR) is 99.1 cm³/mol. The van der Waals surface area contributed by atoms with Crippen LogP contribution in [0.4, 0.5) is 20.3 Å². The Morgan fingerprint density at radius 2 is 1.74 bits per heavy atom. The predicted octanol–water partition coefficient (Wildman–Crippen LogP) is 4.35. The summed E-state index contributed by atoms with van der Waals surface area (Å²) in [5, 5.41) is 7.80. The summed E-state index contributed by atoms with van der Waals surface area (Å²) in [7, 11) is 0. The van der Waals surface area contributed by atoms with Crippen LogP contribution in [0.5, 0.6) is 0 Å². The first kappa shape index (κ1) is 17.1. The highest BCUT2D eigenvalue weighted by atomic mass is 19.1.